The van der Waals surface area contributed by atoms with Crippen molar-refractivity contribution in [1.82, 2.24) is 9.80 Å². The zero-order chi connectivity index (χ0) is 11.8. The highest BCUT2D eigenvalue weighted by atomic mass is 28.3. The van der Waals surface area contributed by atoms with Crippen LogP contribution in [0.15, 0.2) is 11.5 Å². The monoisotopic (exact) mass is 226 g/mol. The standard InChI is InChI=1S/C12H26N2Si/c1-10(2)13-8-12(15(5,6)7)14(9-13)11(3)4/h8,10-11H,9H2,1-7H3. The Balaban J connectivity index is 2.92. The maximum absolute atomic E-state index is 2.56. The lowest BCUT2D eigenvalue weighted by Crippen LogP contribution is -2.40. The summed E-state index contributed by atoms with van der Waals surface area (Å²) in [5.74, 6) is 0. The average molecular weight is 226 g/mol. The van der Waals surface area contributed by atoms with E-state index in [9.17, 15) is 0 Å². The van der Waals surface area contributed by atoms with Gasteiger partial charge in [0.05, 0.1) is 14.7 Å². The van der Waals surface area contributed by atoms with Crippen molar-refractivity contribution in [2.75, 3.05) is 6.67 Å². The molecule has 0 N–H and O–H groups in total. The Bertz CT molecular complexity index is 251. The lowest BCUT2D eigenvalue weighted by molar-refractivity contribution is 0.200. The number of nitrogens with zero attached hydrogens (tertiary/aromatic N) is 2. The highest BCUT2D eigenvalue weighted by Crippen LogP contribution is 2.28. The first-order valence-electron chi connectivity index (χ1n) is 5.98. The SMILES string of the molecule is CC(C)N1C=C([Si](C)(C)C)N(C(C)C)C1. The summed E-state index contributed by atoms with van der Waals surface area (Å²) in [6, 6.07) is 1.23. The van der Waals surface area contributed by atoms with Gasteiger partial charge in [-0.15, -0.1) is 0 Å². The molecule has 15 heavy (non-hydrogen) atoms. The highest BCUT2D eigenvalue weighted by Gasteiger charge is 2.32. The summed E-state index contributed by atoms with van der Waals surface area (Å²) in [6.45, 7) is 17.5. The summed E-state index contributed by atoms with van der Waals surface area (Å²) < 4.78 is 0. The summed E-state index contributed by atoms with van der Waals surface area (Å²) in [5, 5.41) is 1.60. The average Bonchev–Trinajstić information content (AvgIpc) is 2.45. The first kappa shape index (κ1) is 12.6. The van der Waals surface area contributed by atoms with Gasteiger partial charge in [0.1, 0.15) is 0 Å². The van der Waals surface area contributed by atoms with Gasteiger partial charge in [-0.2, -0.15) is 0 Å². The second-order valence-corrected chi connectivity index (χ2v) is 11.1. The minimum absolute atomic E-state index is 0.611. The van der Waals surface area contributed by atoms with E-state index >= 15 is 0 Å². The fourth-order valence-corrected chi connectivity index (χ4v) is 3.65. The molecule has 3 heteroatoms. The van der Waals surface area contributed by atoms with Crippen LogP contribution in [0.25, 0.3) is 0 Å². The minimum Gasteiger partial charge on any atom is -0.357 e. The van der Waals surface area contributed by atoms with Crippen molar-refractivity contribution in [2.45, 2.75) is 59.4 Å². The Labute approximate surface area is 96.0 Å². The molecule has 0 unspecified atom stereocenters. The Morgan fingerprint density at radius 1 is 1.07 bits per heavy atom. The lowest BCUT2D eigenvalue weighted by Gasteiger charge is -2.33. The molecule has 0 spiro atoms. The van der Waals surface area contributed by atoms with Gasteiger partial charge in [-0.25, -0.2) is 0 Å². The van der Waals surface area contributed by atoms with Crippen LogP contribution in [0.1, 0.15) is 27.7 Å². The molecule has 0 radical (unpaired) electrons. The second-order valence-electron chi connectivity index (χ2n) is 6.08. The third-order valence-electron chi connectivity index (χ3n) is 2.97. The fraction of sp³-hybridized carbons (Fsp3) is 0.833. The van der Waals surface area contributed by atoms with Gasteiger partial charge in [0.2, 0.25) is 0 Å². The smallest absolute Gasteiger partial charge is 0.1000 e. The van der Waals surface area contributed by atoms with E-state index < -0.39 is 8.07 Å². The quantitative estimate of drug-likeness (QED) is 0.682. The predicted octanol–water partition coefficient (Wildman–Crippen LogP) is 3.10. The van der Waals surface area contributed by atoms with Crippen molar-refractivity contribution < 1.29 is 0 Å². The Kier molecular flexibility index (Phi) is 3.54. The summed E-state index contributed by atoms with van der Waals surface area (Å²) in [4.78, 5) is 5.01. The molecule has 88 valence electrons. The van der Waals surface area contributed by atoms with Crippen LogP contribution in [0.5, 0.6) is 0 Å². The normalized spacial score (nSPS) is 18.1. The molecule has 2 nitrogen and oxygen atoms in total. The minimum atomic E-state index is -1.19. The number of hydrogen-bond donors (Lipinski definition) is 0. The van der Waals surface area contributed by atoms with E-state index in [0.29, 0.717) is 12.1 Å². The predicted molar refractivity (Wildman–Crippen MR) is 70.2 cm³/mol. The molecule has 0 aromatic carbocycles. The molecular weight excluding hydrogens is 200 g/mol. The Hall–Kier alpha value is -0.443. The summed E-state index contributed by atoms with van der Waals surface area (Å²) in [7, 11) is -1.19. The van der Waals surface area contributed by atoms with Gasteiger partial charge in [-0.3, -0.25) is 0 Å². The molecule has 0 fully saturated rings. The fourth-order valence-electron chi connectivity index (χ4n) is 1.90. The van der Waals surface area contributed by atoms with E-state index in [1.54, 1.807) is 5.32 Å². The molecule has 0 saturated heterocycles. The lowest BCUT2D eigenvalue weighted by atomic mass is 10.3. The van der Waals surface area contributed by atoms with Crippen molar-refractivity contribution in [1.29, 1.82) is 0 Å². The molecule has 1 aliphatic heterocycles. The third-order valence-corrected chi connectivity index (χ3v) is 4.92. The molecular formula is C12H26N2Si. The van der Waals surface area contributed by atoms with Crippen LogP contribution >= 0.6 is 0 Å². The molecule has 0 atom stereocenters. The molecule has 0 aromatic heterocycles. The Morgan fingerprint density at radius 2 is 1.60 bits per heavy atom. The summed E-state index contributed by atoms with van der Waals surface area (Å²) in [6.07, 6.45) is 2.40. The summed E-state index contributed by atoms with van der Waals surface area (Å²) >= 11 is 0. The van der Waals surface area contributed by atoms with Crippen molar-refractivity contribution in [3.05, 3.63) is 11.5 Å². The van der Waals surface area contributed by atoms with Gasteiger partial charge < -0.3 is 9.80 Å². The van der Waals surface area contributed by atoms with E-state index in [0.717, 1.165) is 6.67 Å². The van der Waals surface area contributed by atoms with Crippen LogP contribution in [0, 0.1) is 0 Å². The Morgan fingerprint density at radius 3 is 1.87 bits per heavy atom. The zero-order valence-electron chi connectivity index (χ0n) is 11.3. The van der Waals surface area contributed by atoms with Crippen LogP contribution in [0.3, 0.4) is 0 Å². The molecule has 0 aliphatic carbocycles. The van der Waals surface area contributed by atoms with Gasteiger partial charge in [0, 0.05) is 23.6 Å². The van der Waals surface area contributed by atoms with Crippen LogP contribution in [0.2, 0.25) is 19.6 Å². The van der Waals surface area contributed by atoms with Gasteiger partial charge in [0.25, 0.3) is 0 Å². The highest BCUT2D eigenvalue weighted by molar-refractivity contribution is 6.82. The van der Waals surface area contributed by atoms with Crippen molar-refractivity contribution >= 4 is 8.07 Å². The molecule has 0 aromatic rings. The molecule has 1 aliphatic rings. The topological polar surface area (TPSA) is 6.48 Å². The maximum atomic E-state index is 2.56. The van der Waals surface area contributed by atoms with Gasteiger partial charge in [0.15, 0.2) is 0 Å². The van der Waals surface area contributed by atoms with Crippen LogP contribution in [-0.2, 0) is 0 Å². The molecule has 0 bridgehead atoms. The first-order valence-corrected chi connectivity index (χ1v) is 9.48. The largest absolute Gasteiger partial charge is 0.357 e. The van der Waals surface area contributed by atoms with E-state index in [1.807, 2.05) is 0 Å². The zero-order valence-corrected chi connectivity index (χ0v) is 12.3. The first-order chi connectivity index (χ1) is 6.73. The molecule has 1 rings (SSSR count). The summed E-state index contributed by atoms with van der Waals surface area (Å²) in [5.41, 5.74) is 0. The van der Waals surface area contributed by atoms with E-state index in [2.05, 4.69) is 63.3 Å². The van der Waals surface area contributed by atoms with Crippen molar-refractivity contribution in [3.8, 4) is 0 Å². The third kappa shape index (κ3) is 2.77. The van der Waals surface area contributed by atoms with Gasteiger partial charge in [-0.05, 0) is 27.7 Å². The molecule has 0 amide bonds. The van der Waals surface area contributed by atoms with Gasteiger partial charge >= 0.3 is 0 Å². The van der Waals surface area contributed by atoms with Crippen molar-refractivity contribution in [3.63, 3.8) is 0 Å². The van der Waals surface area contributed by atoms with E-state index in [4.69, 9.17) is 0 Å². The maximum Gasteiger partial charge on any atom is 0.1000 e. The molecule has 0 saturated carbocycles. The van der Waals surface area contributed by atoms with E-state index in [-0.39, 0.29) is 0 Å². The molecule has 1 heterocycles. The van der Waals surface area contributed by atoms with Crippen molar-refractivity contribution in [2.24, 2.45) is 0 Å². The van der Waals surface area contributed by atoms with Crippen LogP contribution in [0.4, 0.5) is 0 Å². The van der Waals surface area contributed by atoms with Crippen LogP contribution < -0.4 is 0 Å². The second kappa shape index (κ2) is 4.20. The van der Waals surface area contributed by atoms with Gasteiger partial charge in [-0.1, -0.05) is 19.6 Å². The number of rotatable bonds is 3. The van der Waals surface area contributed by atoms with E-state index in [1.165, 1.54) is 0 Å². The number of hydrogen-bond acceptors (Lipinski definition) is 2. The van der Waals surface area contributed by atoms with Crippen LogP contribution in [-0.4, -0.2) is 36.6 Å².